The Labute approximate surface area is 158 Å². The first-order valence-electron chi connectivity index (χ1n) is 9.99. The second-order valence-electron chi connectivity index (χ2n) is 7.80. The van der Waals surface area contributed by atoms with Crippen LogP contribution in [0, 0.1) is 0 Å². The molecule has 0 amide bonds. The summed E-state index contributed by atoms with van der Waals surface area (Å²) in [4.78, 5) is 7.24. The Balaban J connectivity index is 1.77. The first-order valence-corrected chi connectivity index (χ1v) is 9.99. The molecule has 1 saturated heterocycles. The molecule has 0 spiro atoms. The second kappa shape index (κ2) is 10.5. The highest BCUT2D eigenvalue weighted by atomic mass is 16.3. The molecule has 0 unspecified atom stereocenters. The van der Waals surface area contributed by atoms with E-state index in [0.29, 0.717) is 0 Å². The predicted molar refractivity (Wildman–Crippen MR) is 110 cm³/mol. The van der Waals surface area contributed by atoms with Crippen LogP contribution >= 0.6 is 0 Å². The van der Waals surface area contributed by atoms with E-state index in [2.05, 4.69) is 66.6 Å². The number of piperidine rings is 1. The first kappa shape index (κ1) is 20.7. The monoisotopic (exact) mass is 360 g/mol. The number of rotatable bonds is 8. The number of aliphatic hydroxyl groups is 1. The fourth-order valence-corrected chi connectivity index (χ4v) is 3.25. The van der Waals surface area contributed by atoms with Gasteiger partial charge in [-0.05, 0) is 38.3 Å². The third-order valence-corrected chi connectivity index (χ3v) is 5.03. The molecule has 146 valence electrons. The van der Waals surface area contributed by atoms with Gasteiger partial charge in [0.05, 0.1) is 12.6 Å². The number of aliphatic hydroxyl groups excluding tert-OH is 1. The Kier molecular flexibility index (Phi) is 8.39. The molecule has 1 heterocycles. The molecule has 5 heteroatoms. The lowest BCUT2D eigenvalue weighted by atomic mass is 9.85. The number of nitrogens with one attached hydrogen (secondary N) is 2. The molecule has 2 rings (SSSR count). The van der Waals surface area contributed by atoms with E-state index in [1.165, 1.54) is 5.56 Å². The number of hydrogen-bond acceptors (Lipinski definition) is 3. The van der Waals surface area contributed by atoms with Crippen LogP contribution in [0.5, 0.6) is 0 Å². The van der Waals surface area contributed by atoms with Crippen molar-refractivity contribution in [3.05, 3.63) is 35.9 Å². The van der Waals surface area contributed by atoms with Gasteiger partial charge in [-0.2, -0.15) is 0 Å². The molecule has 0 aliphatic carbocycles. The Bertz CT molecular complexity index is 536. The van der Waals surface area contributed by atoms with Crippen molar-refractivity contribution in [2.75, 3.05) is 39.3 Å². The maximum atomic E-state index is 9.57. The fourth-order valence-electron chi connectivity index (χ4n) is 3.25. The van der Waals surface area contributed by atoms with Gasteiger partial charge in [0.25, 0.3) is 0 Å². The maximum Gasteiger partial charge on any atom is 0.191 e. The zero-order valence-electron chi connectivity index (χ0n) is 16.7. The number of benzene rings is 1. The average Bonchev–Trinajstić information content (AvgIpc) is 2.65. The van der Waals surface area contributed by atoms with Crippen molar-refractivity contribution >= 4 is 5.96 Å². The highest BCUT2D eigenvalue weighted by Crippen LogP contribution is 2.22. The van der Waals surface area contributed by atoms with Gasteiger partial charge in [0.2, 0.25) is 0 Å². The lowest BCUT2D eigenvalue weighted by molar-refractivity contribution is 0.0823. The molecule has 5 nitrogen and oxygen atoms in total. The van der Waals surface area contributed by atoms with Crippen LogP contribution in [0.1, 0.15) is 45.6 Å². The zero-order valence-corrected chi connectivity index (χ0v) is 16.7. The van der Waals surface area contributed by atoms with Crippen LogP contribution in [0.15, 0.2) is 35.3 Å². The van der Waals surface area contributed by atoms with Gasteiger partial charge in [-0.3, -0.25) is 4.99 Å². The van der Waals surface area contributed by atoms with Crippen LogP contribution in [0.3, 0.4) is 0 Å². The molecule has 0 bridgehead atoms. The summed E-state index contributed by atoms with van der Waals surface area (Å²) in [5, 5.41) is 16.4. The number of aliphatic imine (C=N–C) groups is 1. The molecule has 1 aromatic carbocycles. The smallest absolute Gasteiger partial charge is 0.191 e. The zero-order chi connectivity index (χ0) is 18.8. The molecule has 0 radical (unpaired) electrons. The molecular weight excluding hydrogens is 324 g/mol. The standard InChI is InChI=1S/C21H36N4O/c1-4-22-20(23-13-8-14-25-15-11-19(26)12-16-25)24-17-21(2,3)18-9-6-5-7-10-18/h5-7,9-10,19,26H,4,8,11-17H2,1-3H3,(H2,22,23,24). The Morgan fingerprint density at radius 2 is 1.88 bits per heavy atom. The maximum absolute atomic E-state index is 9.57. The third-order valence-electron chi connectivity index (χ3n) is 5.03. The normalized spacial score (nSPS) is 17.3. The molecule has 1 aliphatic heterocycles. The molecule has 0 aromatic heterocycles. The van der Waals surface area contributed by atoms with E-state index in [1.54, 1.807) is 0 Å². The minimum absolute atomic E-state index is 0.0122. The van der Waals surface area contributed by atoms with E-state index in [1.807, 2.05) is 0 Å². The van der Waals surface area contributed by atoms with Gasteiger partial charge in [0.15, 0.2) is 5.96 Å². The highest BCUT2D eigenvalue weighted by molar-refractivity contribution is 5.79. The summed E-state index contributed by atoms with van der Waals surface area (Å²) in [6.07, 6.45) is 2.81. The molecule has 1 aromatic rings. The van der Waals surface area contributed by atoms with Crippen molar-refractivity contribution in [1.29, 1.82) is 0 Å². The molecule has 0 saturated carbocycles. The quantitative estimate of drug-likeness (QED) is 0.378. The van der Waals surface area contributed by atoms with Gasteiger partial charge in [0.1, 0.15) is 0 Å². The molecule has 3 N–H and O–H groups in total. The van der Waals surface area contributed by atoms with E-state index in [9.17, 15) is 5.11 Å². The first-order chi connectivity index (χ1) is 12.5. The van der Waals surface area contributed by atoms with Crippen molar-refractivity contribution in [1.82, 2.24) is 15.5 Å². The van der Waals surface area contributed by atoms with Crippen LogP contribution in [-0.4, -0.2) is 61.3 Å². The van der Waals surface area contributed by atoms with Crippen LogP contribution in [0.25, 0.3) is 0 Å². The van der Waals surface area contributed by atoms with Crippen molar-refractivity contribution < 1.29 is 5.11 Å². The van der Waals surface area contributed by atoms with Crippen molar-refractivity contribution in [2.45, 2.75) is 51.6 Å². The molecular formula is C21H36N4O. The fraction of sp³-hybridized carbons (Fsp3) is 0.667. The van der Waals surface area contributed by atoms with Crippen LogP contribution in [-0.2, 0) is 5.41 Å². The summed E-state index contributed by atoms with van der Waals surface area (Å²) in [5.74, 6) is 0.894. The second-order valence-corrected chi connectivity index (χ2v) is 7.80. The number of nitrogens with zero attached hydrogens (tertiary/aromatic N) is 2. The summed E-state index contributed by atoms with van der Waals surface area (Å²) >= 11 is 0. The largest absolute Gasteiger partial charge is 0.393 e. The van der Waals surface area contributed by atoms with E-state index in [0.717, 1.165) is 64.5 Å². The Morgan fingerprint density at radius 3 is 2.54 bits per heavy atom. The summed E-state index contributed by atoms with van der Waals surface area (Å²) in [6.45, 7) is 12.2. The number of hydrogen-bond donors (Lipinski definition) is 3. The Morgan fingerprint density at radius 1 is 1.19 bits per heavy atom. The number of likely N-dealkylation sites (tertiary alicyclic amines) is 1. The predicted octanol–water partition coefficient (Wildman–Crippen LogP) is 2.37. The Hall–Kier alpha value is -1.59. The summed E-state index contributed by atoms with van der Waals surface area (Å²) < 4.78 is 0. The third kappa shape index (κ3) is 6.96. The summed E-state index contributed by atoms with van der Waals surface area (Å²) in [6, 6.07) is 10.6. The summed E-state index contributed by atoms with van der Waals surface area (Å²) in [7, 11) is 0. The van der Waals surface area contributed by atoms with Crippen LogP contribution in [0.2, 0.25) is 0 Å². The van der Waals surface area contributed by atoms with E-state index < -0.39 is 0 Å². The minimum Gasteiger partial charge on any atom is -0.393 e. The molecule has 0 atom stereocenters. The van der Waals surface area contributed by atoms with Gasteiger partial charge < -0.3 is 20.6 Å². The molecule has 1 fully saturated rings. The van der Waals surface area contributed by atoms with E-state index in [4.69, 9.17) is 4.99 Å². The van der Waals surface area contributed by atoms with Gasteiger partial charge >= 0.3 is 0 Å². The lowest BCUT2D eigenvalue weighted by Crippen LogP contribution is -2.41. The van der Waals surface area contributed by atoms with Crippen molar-refractivity contribution in [3.63, 3.8) is 0 Å². The van der Waals surface area contributed by atoms with E-state index in [-0.39, 0.29) is 11.5 Å². The molecule has 26 heavy (non-hydrogen) atoms. The summed E-state index contributed by atoms with van der Waals surface area (Å²) in [5.41, 5.74) is 1.32. The molecule has 1 aliphatic rings. The van der Waals surface area contributed by atoms with Crippen LogP contribution < -0.4 is 10.6 Å². The lowest BCUT2D eigenvalue weighted by Gasteiger charge is -2.29. The van der Waals surface area contributed by atoms with Gasteiger partial charge in [-0.1, -0.05) is 44.2 Å². The highest BCUT2D eigenvalue weighted by Gasteiger charge is 2.20. The van der Waals surface area contributed by atoms with Crippen molar-refractivity contribution in [3.8, 4) is 0 Å². The minimum atomic E-state index is -0.0927. The number of guanidine groups is 1. The van der Waals surface area contributed by atoms with Gasteiger partial charge in [0, 0.05) is 31.6 Å². The topological polar surface area (TPSA) is 59.9 Å². The SMILES string of the molecule is CCNC(=NCC(C)(C)c1ccccc1)NCCCN1CCC(O)CC1. The van der Waals surface area contributed by atoms with Crippen LogP contribution in [0.4, 0.5) is 0 Å². The van der Waals surface area contributed by atoms with Gasteiger partial charge in [-0.15, -0.1) is 0 Å². The van der Waals surface area contributed by atoms with Gasteiger partial charge in [-0.25, -0.2) is 0 Å². The average molecular weight is 361 g/mol. The van der Waals surface area contributed by atoms with Crippen molar-refractivity contribution in [2.24, 2.45) is 4.99 Å². The van der Waals surface area contributed by atoms with E-state index >= 15 is 0 Å².